The SMILES string of the molecule is CCOC(=O)Cc1c(CN)cc(C#N)cc1C(F)(F)F. The number of halogens is 3. The van der Waals surface area contributed by atoms with Crippen molar-refractivity contribution in [1.82, 2.24) is 0 Å². The average molecular weight is 286 g/mol. The van der Waals surface area contributed by atoms with E-state index in [2.05, 4.69) is 4.74 Å². The Balaban J connectivity index is 3.38. The summed E-state index contributed by atoms with van der Waals surface area (Å²) in [5.41, 5.74) is 4.11. The summed E-state index contributed by atoms with van der Waals surface area (Å²) in [5.74, 6) is -0.766. The first-order valence-corrected chi connectivity index (χ1v) is 5.82. The number of carbonyl (C=O) groups is 1. The van der Waals surface area contributed by atoms with E-state index < -0.39 is 24.1 Å². The van der Waals surface area contributed by atoms with E-state index in [0.29, 0.717) is 6.07 Å². The van der Waals surface area contributed by atoms with Crippen molar-refractivity contribution in [2.24, 2.45) is 5.73 Å². The van der Waals surface area contributed by atoms with Gasteiger partial charge < -0.3 is 10.5 Å². The quantitative estimate of drug-likeness (QED) is 0.860. The fraction of sp³-hybridized carbons (Fsp3) is 0.385. The van der Waals surface area contributed by atoms with E-state index in [1.54, 1.807) is 13.0 Å². The number of esters is 1. The summed E-state index contributed by atoms with van der Waals surface area (Å²) in [6.45, 7) is 1.44. The highest BCUT2D eigenvalue weighted by molar-refractivity contribution is 5.74. The molecule has 0 saturated heterocycles. The highest BCUT2D eigenvalue weighted by Crippen LogP contribution is 2.34. The van der Waals surface area contributed by atoms with Gasteiger partial charge in [-0.15, -0.1) is 0 Å². The zero-order chi connectivity index (χ0) is 15.3. The number of hydrogen-bond donors (Lipinski definition) is 1. The van der Waals surface area contributed by atoms with Gasteiger partial charge in [0.1, 0.15) is 0 Å². The lowest BCUT2D eigenvalue weighted by atomic mass is 9.95. The molecule has 0 amide bonds. The van der Waals surface area contributed by atoms with Gasteiger partial charge >= 0.3 is 12.1 Å². The van der Waals surface area contributed by atoms with Crippen LogP contribution in [0.15, 0.2) is 12.1 Å². The van der Waals surface area contributed by atoms with Crippen LogP contribution in [-0.2, 0) is 28.7 Å². The monoisotopic (exact) mass is 286 g/mol. The van der Waals surface area contributed by atoms with Gasteiger partial charge in [0.05, 0.1) is 30.2 Å². The van der Waals surface area contributed by atoms with Gasteiger partial charge in [0.2, 0.25) is 0 Å². The van der Waals surface area contributed by atoms with Gasteiger partial charge in [0, 0.05) is 6.54 Å². The molecule has 108 valence electrons. The van der Waals surface area contributed by atoms with Gasteiger partial charge in [-0.05, 0) is 30.2 Å². The first-order valence-electron chi connectivity index (χ1n) is 5.82. The third-order valence-corrected chi connectivity index (χ3v) is 2.62. The van der Waals surface area contributed by atoms with Gasteiger partial charge in [-0.1, -0.05) is 0 Å². The molecule has 1 rings (SSSR count). The predicted octanol–water partition coefficient (Wildman–Crippen LogP) is 2.14. The molecule has 0 bridgehead atoms. The van der Waals surface area contributed by atoms with Crippen LogP contribution in [0.5, 0.6) is 0 Å². The maximum atomic E-state index is 13.0. The van der Waals surface area contributed by atoms with Crippen LogP contribution in [0.1, 0.15) is 29.2 Å². The van der Waals surface area contributed by atoms with Crippen molar-refractivity contribution in [3.05, 3.63) is 34.4 Å². The van der Waals surface area contributed by atoms with Gasteiger partial charge in [0.15, 0.2) is 0 Å². The minimum absolute atomic E-state index is 0.0778. The molecule has 0 heterocycles. The molecular formula is C13H13F3N2O2. The fourth-order valence-electron chi connectivity index (χ4n) is 1.80. The van der Waals surface area contributed by atoms with E-state index in [4.69, 9.17) is 11.0 Å². The van der Waals surface area contributed by atoms with Crippen LogP contribution in [0.2, 0.25) is 0 Å². The summed E-state index contributed by atoms with van der Waals surface area (Å²) >= 11 is 0. The molecule has 4 nitrogen and oxygen atoms in total. The summed E-state index contributed by atoms with van der Waals surface area (Å²) in [6, 6.07) is 3.62. The Morgan fingerprint density at radius 2 is 2.10 bits per heavy atom. The minimum Gasteiger partial charge on any atom is -0.466 e. The summed E-state index contributed by atoms with van der Waals surface area (Å²) in [6.07, 6.45) is -5.19. The molecule has 0 radical (unpaired) electrons. The largest absolute Gasteiger partial charge is 0.466 e. The number of hydrogen-bond acceptors (Lipinski definition) is 4. The summed E-state index contributed by atoms with van der Waals surface area (Å²) < 4.78 is 43.7. The van der Waals surface area contributed by atoms with Gasteiger partial charge in [-0.3, -0.25) is 4.79 Å². The molecule has 2 N–H and O–H groups in total. The zero-order valence-electron chi connectivity index (χ0n) is 10.8. The van der Waals surface area contributed by atoms with E-state index in [1.807, 2.05) is 0 Å². The average Bonchev–Trinajstić information content (AvgIpc) is 2.37. The topological polar surface area (TPSA) is 76.1 Å². The van der Waals surface area contributed by atoms with Crippen molar-refractivity contribution in [2.45, 2.75) is 26.1 Å². The van der Waals surface area contributed by atoms with Crippen LogP contribution in [0.25, 0.3) is 0 Å². The van der Waals surface area contributed by atoms with E-state index in [9.17, 15) is 18.0 Å². The molecule has 0 aromatic heterocycles. The zero-order valence-corrected chi connectivity index (χ0v) is 10.8. The molecule has 0 saturated carbocycles. The Morgan fingerprint density at radius 3 is 2.55 bits per heavy atom. The predicted molar refractivity (Wildman–Crippen MR) is 64.4 cm³/mol. The lowest BCUT2D eigenvalue weighted by Gasteiger charge is -2.16. The van der Waals surface area contributed by atoms with Crippen LogP contribution in [-0.4, -0.2) is 12.6 Å². The lowest BCUT2D eigenvalue weighted by Crippen LogP contribution is -2.18. The Labute approximate surface area is 113 Å². The number of alkyl halides is 3. The number of nitriles is 1. The molecule has 20 heavy (non-hydrogen) atoms. The second-order valence-electron chi connectivity index (χ2n) is 3.96. The first-order chi connectivity index (χ1) is 9.33. The summed E-state index contributed by atoms with van der Waals surface area (Å²) in [7, 11) is 0. The number of nitrogens with two attached hydrogens (primary N) is 1. The summed E-state index contributed by atoms with van der Waals surface area (Å²) in [4.78, 5) is 11.4. The normalized spacial score (nSPS) is 11.0. The Bertz CT molecular complexity index is 548. The fourth-order valence-corrected chi connectivity index (χ4v) is 1.80. The third kappa shape index (κ3) is 3.71. The van der Waals surface area contributed by atoms with E-state index in [0.717, 1.165) is 0 Å². The van der Waals surface area contributed by atoms with Crippen molar-refractivity contribution in [1.29, 1.82) is 5.26 Å². The maximum Gasteiger partial charge on any atom is 0.416 e. The van der Waals surface area contributed by atoms with E-state index in [-0.39, 0.29) is 29.8 Å². The van der Waals surface area contributed by atoms with Gasteiger partial charge in [-0.25, -0.2) is 0 Å². The van der Waals surface area contributed by atoms with E-state index in [1.165, 1.54) is 6.07 Å². The third-order valence-electron chi connectivity index (χ3n) is 2.62. The standard InChI is InChI=1S/C13H13F3N2O2/c1-2-20-12(19)5-10-9(7-18)3-8(6-17)4-11(10)13(14,15)16/h3-4H,2,5,7,18H2,1H3. The summed E-state index contributed by atoms with van der Waals surface area (Å²) in [5, 5.41) is 8.75. The smallest absolute Gasteiger partial charge is 0.416 e. The number of rotatable bonds is 4. The van der Waals surface area contributed by atoms with Crippen LogP contribution in [0.3, 0.4) is 0 Å². The van der Waals surface area contributed by atoms with Crippen LogP contribution >= 0.6 is 0 Å². The highest BCUT2D eigenvalue weighted by atomic mass is 19.4. The molecule has 7 heteroatoms. The van der Waals surface area contributed by atoms with Crippen molar-refractivity contribution >= 4 is 5.97 Å². The molecule has 1 aromatic carbocycles. The van der Waals surface area contributed by atoms with Crippen LogP contribution in [0.4, 0.5) is 13.2 Å². The minimum atomic E-state index is -4.67. The van der Waals surface area contributed by atoms with Crippen molar-refractivity contribution in [3.63, 3.8) is 0 Å². The highest BCUT2D eigenvalue weighted by Gasteiger charge is 2.35. The number of carbonyl (C=O) groups excluding carboxylic acids is 1. The van der Waals surface area contributed by atoms with Crippen LogP contribution in [0, 0.1) is 11.3 Å². The molecule has 0 aliphatic carbocycles. The second kappa shape index (κ2) is 6.39. The molecule has 0 fully saturated rings. The number of ether oxygens (including phenoxy) is 1. The molecule has 0 aliphatic rings. The van der Waals surface area contributed by atoms with Crippen molar-refractivity contribution in [3.8, 4) is 6.07 Å². The second-order valence-corrected chi connectivity index (χ2v) is 3.96. The van der Waals surface area contributed by atoms with Crippen molar-refractivity contribution < 1.29 is 22.7 Å². The van der Waals surface area contributed by atoms with Gasteiger partial charge in [-0.2, -0.15) is 18.4 Å². The molecule has 0 unspecified atom stereocenters. The van der Waals surface area contributed by atoms with Crippen molar-refractivity contribution in [2.75, 3.05) is 6.61 Å². The number of benzene rings is 1. The molecular weight excluding hydrogens is 273 g/mol. The van der Waals surface area contributed by atoms with Crippen LogP contribution < -0.4 is 5.73 Å². The Kier molecular flexibility index (Phi) is 5.11. The Morgan fingerprint density at radius 1 is 1.45 bits per heavy atom. The maximum absolute atomic E-state index is 13.0. The van der Waals surface area contributed by atoms with E-state index >= 15 is 0 Å². The lowest BCUT2D eigenvalue weighted by molar-refractivity contribution is -0.143. The molecule has 1 aromatic rings. The number of nitrogens with zero attached hydrogens (tertiary/aromatic N) is 1. The molecule has 0 spiro atoms. The van der Waals surface area contributed by atoms with Gasteiger partial charge in [0.25, 0.3) is 0 Å². The Hall–Kier alpha value is -2.07. The first kappa shape index (κ1) is 16.0. The molecule has 0 atom stereocenters. The molecule has 0 aliphatic heterocycles.